The molecule has 0 unspecified atom stereocenters. The van der Waals surface area contributed by atoms with Gasteiger partial charge < -0.3 is 19.2 Å². The Morgan fingerprint density at radius 3 is 1.83 bits per heavy atom. The molecule has 0 radical (unpaired) electrons. The quantitative estimate of drug-likeness (QED) is 0.505. The van der Waals surface area contributed by atoms with Crippen molar-refractivity contribution < 1.29 is 40.2 Å². The highest BCUT2D eigenvalue weighted by Gasteiger charge is 2.31. The summed E-state index contributed by atoms with van der Waals surface area (Å²) in [5, 5.41) is 3.05. The number of hydrogen-bond acceptors (Lipinski definition) is 5. The fourth-order valence-corrected chi connectivity index (χ4v) is 2.46. The molecule has 3 aromatic rings. The summed E-state index contributed by atoms with van der Waals surface area (Å²) in [7, 11) is 0. The van der Waals surface area contributed by atoms with Gasteiger partial charge in [-0.1, -0.05) is 12.1 Å². The summed E-state index contributed by atoms with van der Waals surface area (Å²) in [6.07, 6.45) is -8.12. The van der Waals surface area contributed by atoms with Crippen molar-refractivity contribution in [2.45, 2.75) is 25.8 Å². The lowest BCUT2D eigenvalue weighted by molar-refractivity contribution is -0.275. The van der Waals surface area contributed by atoms with Gasteiger partial charge in [-0.15, -0.1) is 26.3 Å². The molecule has 2 aromatic carbocycles. The Hall–Kier alpha value is -3.21. The van der Waals surface area contributed by atoms with Gasteiger partial charge in [0.05, 0.1) is 5.69 Å². The Morgan fingerprint density at radius 2 is 1.30 bits per heavy atom. The van der Waals surface area contributed by atoms with Gasteiger partial charge in [0.1, 0.15) is 17.8 Å². The Kier molecular flexibility index (Phi) is 6.20. The highest BCUT2D eigenvalue weighted by molar-refractivity contribution is 5.54. The molecule has 3 rings (SSSR count). The van der Waals surface area contributed by atoms with E-state index in [1.54, 1.807) is 0 Å². The van der Waals surface area contributed by atoms with E-state index < -0.39 is 12.7 Å². The fraction of sp³-hybridized carbons (Fsp3) is 0.211. The average molecular weight is 432 g/mol. The van der Waals surface area contributed by atoms with E-state index in [4.69, 9.17) is 4.42 Å². The van der Waals surface area contributed by atoms with Gasteiger partial charge in [0.2, 0.25) is 5.89 Å². The van der Waals surface area contributed by atoms with Crippen LogP contribution >= 0.6 is 0 Å². The van der Waals surface area contributed by atoms with Crippen molar-refractivity contribution in [3.8, 4) is 23.0 Å². The minimum Gasteiger partial charge on any atom is -0.444 e. The molecule has 0 saturated carbocycles. The van der Waals surface area contributed by atoms with Crippen LogP contribution in [0.1, 0.15) is 11.3 Å². The number of alkyl halides is 6. The predicted molar refractivity (Wildman–Crippen MR) is 92.3 cm³/mol. The minimum absolute atomic E-state index is 0.221. The molecule has 11 heteroatoms. The molecule has 30 heavy (non-hydrogen) atoms. The second kappa shape index (κ2) is 8.66. The van der Waals surface area contributed by atoms with Crippen molar-refractivity contribution in [1.29, 1.82) is 0 Å². The number of rotatable bonds is 7. The molecule has 1 aromatic heterocycles. The Balaban J connectivity index is 1.51. The first-order chi connectivity index (χ1) is 14.1. The molecule has 1 heterocycles. The van der Waals surface area contributed by atoms with Crippen LogP contribution in [0.4, 0.5) is 26.3 Å². The van der Waals surface area contributed by atoms with Gasteiger partial charge in [-0.25, -0.2) is 4.98 Å². The predicted octanol–water partition coefficient (Wildman–Crippen LogP) is 5.43. The first-order valence-corrected chi connectivity index (χ1v) is 8.43. The standard InChI is InChI=1S/C19H14F6N2O3/c20-18(21,22)29-15-5-1-12(2-6-15)9-26-10-14-11-28-17(27-14)13-3-7-16(8-4-13)30-19(23,24)25/h1-8,11,26H,9-10H2. The number of oxazole rings is 1. The number of nitrogens with zero attached hydrogens (tertiary/aromatic N) is 1. The molecular weight excluding hydrogens is 418 g/mol. The average Bonchev–Trinajstić information content (AvgIpc) is 3.10. The van der Waals surface area contributed by atoms with E-state index in [9.17, 15) is 26.3 Å². The molecule has 0 saturated heterocycles. The van der Waals surface area contributed by atoms with E-state index >= 15 is 0 Å². The third-order valence-electron chi connectivity index (χ3n) is 3.68. The van der Waals surface area contributed by atoms with Gasteiger partial charge in [-0.05, 0) is 42.0 Å². The fourth-order valence-electron chi connectivity index (χ4n) is 2.46. The van der Waals surface area contributed by atoms with Crippen LogP contribution in [-0.2, 0) is 13.1 Å². The smallest absolute Gasteiger partial charge is 0.444 e. The van der Waals surface area contributed by atoms with Gasteiger partial charge in [0.25, 0.3) is 0 Å². The van der Waals surface area contributed by atoms with E-state index in [0.717, 1.165) is 17.7 Å². The second-order valence-corrected chi connectivity index (χ2v) is 6.01. The van der Waals surface area contributed by atoms with Crippen molar-refractivity contribution in [2.75, 3.05) is 0 Å². The summed E-state index contributed by atoms with van der Waals surface area (Å²) in [5.41, 5.74) is 1.74. The highest BCUT2D eigenvalue weighted by atomic mass is 19.4. The van der Waals surface area contributed by atoms with Crippen molar-refractivity contribution in [2.24, 2.45) is 0 Å². The van der Waals surface area contributed by atoms with Crippen LogP contribution < -0.4 is 14.8 Å². The molecule has 0 spiro atoms. The zero-order valence-corrected chi connectivity index (χ0v) is 15.1. The summed E-state index contributed by atoms with van der Waals surface area (Å²) in [4.78, 5) is 4.23. The Labute approximate surface area is 166 Å². The molecule has 5 nitrogen and oxygen atoms in total. The van der Waals surface area contributed by atoms with Gasteiger partial charge in [0.15, 0.2) is 0 Å². The van der Waals surface area contributed by atoms with Crippen LogP contribution in [0.2, 0.25) is 0 Å². The summed E-state index contributed by atoms with van der Waals surface area (Å²) in [6, 6.07) is 10.5. The molecule has 0 aliphatic carbocycles. The number of halogens is 6. The number of ether oxygens (including phenoxy) is 2. The molecule has 0 fully saturated rings. The molecule has 160 valence electrons. The lowest BCUT2D eigenvalue weighted by atomic mass is 10.2. The van der Waals surface area contributed by atoms with E-state index in [0.29, 0.717) is 24.3 Å². The topological polar surface area (TPSA) is 56.5 Å². The maximum atomic E-state index is 12.2. The number of aromatic nitrogens is 1. The SMILES string of the molecule is FC(F)(F)Oc1ccc(CNCc2coc(-c3ccc(OC(F)(F)F)cc3)n2)cc1. The third-order valence-corrected chi connectivity index (χ3v) is 3.68. The number of hydrogen-bond donors (Lipinski definition) is 1. The molecule has 0 atom stereocenters. The molecule has 0 bridgehead atoms. The van der Waals surface area contributed by atoms with Gasteiger partial charge >= 0.3 is 12.7 Å². The Morgan fingerprint density at radius 1 is 0.767 bits per heavy atom. The summed E-state index contributed by atoms with van der Waals surface area (Å²) >= 11 is 0. The molecular formula is C19H14F6N2O3. The maximum absolute atomic E-state index is 12.2. The van der Waals surface area contributed by atoms with E-state index in [1.807, 2.05) is 0 Å². The number of nitrogens with one attached hydrogen (secondary N) is 1. The maximum Gasteiger partial charge on any atom is 0.573 e. The van der Waals surface area contributed by atoms with E-state index in [-0.39, 0.29) is 17.4 Å². The van der Waals surface area contributed by atoms with Crippen LogP contribution in [0, 0.1) is 0 Å². The van der Waals surface area contributed by atoms with Crippen molar-refractivity contribution in [3.63, 3.8) is 0 Å². The number of benzene rings is 2. The summed E-state index contributed by atoms with van der Waals surface area (Å²) in [5.74, 6) is -0.440. The normalized spacial score (nSPS) is 12.1. The zero-order valence-electron chi connectivity index (χ0n) is 15.1. The Bertz CT molecular complexity index is 950. The third kappa shape index (κ3) is 6.69. The molecule has 0 amide bonds. The van der Waals surface area contributed by atoms with Crippen molar-refractivity contribution in [1.82, 2.24) is 10.3 Å². The van der Waals surface area contributed by atoms with Gasteiger partial charge in [0, 0.05) is 18.7 Å². The summed E-state index contributed by atoms with van der Waals surface area (Å²) in [6.45, 7) is 0.664. The lowest BCUT2D eigenvalue weighted by Gasteiger charge is -2.09. The van der Waals surface area contributed by atoms with Gasteiger partial charge in [-0.2, -0.15) is 0 Å². The van der Waals surface area contributed by atoms with Gasteiger partial charge in [-0.3, -0.25) is 0 Å². The molecule has 0 aliphatic rings. The summed E-state index contributed by atoms with van der Waals surface area (Å²) < 4.78 is 85.9. The van der Waals surface area contributed by atoms with Crippen LogP contribution in [0.25, 0.3) is 11.5 Å². The van der Waals surface area contributed by atoms with Crippen LogP contribution in [-0.4, -0.2) is 17.7 Å². The van der Waals surface area contributed by atoms with Crippen LogP contribution in [0.5, 0.6) is 11.5 Å². The largest absolute Gasteiger partial charge is 0.573 e. The first-order valence-electron chi connectivity index (χ1n) is 8.43. The second-order valence-electron chi connectivity index (χ2n) is 6.01. The van der Waals surface area contributed by atoms with Crippen LogP contribution in [0.3, 0.4) is 0 Å². The monoisotopic (exact) mass is 432 g/mol. The first kappa shape index (κ1) is 21.5. The van der Waals surface area contributed by atoms with Crippen LogP contribution in [0.15, 0.2) is 59.2 Å². The van der Waals surface area contributed by atoms with E-state index in [1.165, 1.54) is 42.7 Å². The van der Waals surface area contributed by atoms with Crippen molar-refractivity contribution in [3.05, 3.63) is 66.1 Å². The minimum atomic E-state index is -4.77. The van der Waals surface area contributed by atoms with E-state index in [2.05, 4.69) is 19.8 Å². The lowest BCUT2D eigenvalue weighted by Crippen LogP contribution is -2.17. The van der Waals surface area contributed by atoms with Crippen molar-refractivity contribution >= 4 is 0 Å². The highest BCUT2D eigenvalue weighted by Crippen LogP contribution is 2.26. The molecule has 0 aliphatic heterocycles. The zero-order chi connectivity index (χ0) is 21.8. The molecule has 1 N–H and O–H groups in total.